The lowest BCUT2D eigenvalue weighted by Crippen LogP contribution is -2.32. The van der Waals surface area contributed by atoms with Crippen molar-refractivity contribution in [3.8, 4) is 0 Å². The number of hydrogen-bond acceptors (Lipinski definition) is 5. The Kier molecular flexibility index (Phi) is 5.19. The van der Waals surface area contributed by atoms with Crippen LogP contribution in [0.5, 0.6) is 0 Å². The fourth-order valence-electron chi connectivity index (χ4n) is 3.39. The number of rotatable bonds is 6. The van der Waals surface area contributed by atoms with Crippen LogP contribution in [0.3, 0.4) is 0 Å². The summed E-state index contributed by atoms with van der Waals surface area (Å²) in [6.45, 7) is 1.68. The molecular formula is C15H23NO4S2. The number of aliphatic hydroxyl groups excluding tert-OH is 1. The van der Waals surface area contributed by atoms with Gasteiger partial charge in [-0.1, -0.05) is 0 Å². The summed E-state index contributed by atoms with van der Waals surface area (Å²) < 4.78 is 32.2. The number of hydrogen-bond donors (Lipinski definition) is 1. The predicted octanol–water partition coefficient (Wildman–Crippen LogP) is 1.65. The van der Waals surface area contributed by atoms with Gasteiger partial charge in [0.2, 0.25) is 10.0 Å². The second-order valence-corrected chi connectivity index (χ2v) is 9.03. The van der Waals surface area contributed by atoms with Gasteiger partial charge >= 0.3 is 0 Å². The van der Waals surface area contributed by atoms with Crippen LogP contribution in [0.4, 0.5) is 0 Å². The Morgan fingerprint density at radius 2 is 2.27 bits per heavy atom. The molecule has 1 aromatic rings. The van der Waals surface area contributed by atoms with E-state index in [1.54, 1.807) is 15.6 Å². The van der Waals surface area contributed by atoms with Crippen molar-refractivity contribution >= 4 is 21.4 Å². The molecule has 0 bridgehead atoms. The fraction of sp³-hybridized carbons (Fsp3) is 0.733. The molecule has 1 N–H and O–H groups in total. The van der Waals surface area contributed by atoms with Gasteiger partial charge in [0.1, 0.15) is 0 Å². The van der Waals surface area contributed by atoms with Crippen molar-refractivity contribution < 1.29 is 18.3 Å². The van der Waals surface area contributed by atoms with Crippen LogP contribution in [-0.4, -0.2) is 56.0 Å². The number of sulfonamides is 1. The van der Waals surface area contributed by atoms with E-state index in [1.165, 1.54) is 0 Å². The molecule has 3 rings (SSSR count). The first kappa shape index (κ1) is 16.4. The van der Waals surface area contributed by atoms with Gasteiger partial charge in [-0.15, -0.1) is 0 Å². The number of thiophene rings is 1. The van der Waals surface area contributed by atoms with Gasteiger partial charge in [-0.05, 0) is 41.7 Å². The molecule has 1 aromatic heterocycles. The molecule has 0 spiro atoms. The highest BCUT2D eigenvalue weighted by molar-refractivity contribution is 7.89. The smallest absolute Gasteiger partial charge is 0.214 e. The molecule has 5 nitrogen and oxygen atoms in total. The van der Waals surface area contributed by atoms with Gasteiger partial charge in [0.05, 0.1) is 11.9 Å². The molecule has 7 heteroatoms. The number of ether oxygens (including phenoxy) is 1. The zero-order valence-electron chi connectivity index (χ0n) is 12.6. The topological polar surface area (TPSA) is 66.8 Å². The largest absolute Gasteiger partial charge is 0.396 e. The molecule has 2 fully saturated rings. The van der Waals surface area contributed by atoms with Crippen LogP contribution in [0.1, 0.15) is 30.7 Å². The molecule has 22 heavy (non-hydrogen) atoms. The van der Waals surface area contributed by atoms with Crippen molar-refractivity contribution in [1.82, 2.24) is 4.31 Å². The number of nitrogens with zero attached hydrogens (tertiary/aromatic N) is 1. The van der Waals surface area contributed by atoms with Crippen LogP contribution in [-0.2, 0) is 14.8 Å². The maximum atomic E-state index is 12.6. The molecule has 3 heterocycles. The molecule has 2 saturated heterocycles. The van der Waals surface area contributed by atoms with Crippen molar-refractivity contribution in [3.05, 3.63) is 22.4 Å². The van der Waals surface area contributed by atoms with Gasteiger partial charge < -0.3 is 9.84 Å². The molecular weight excluding hydrogens is 322 g/mol. The van der Waals surface area contributed by atoms with Gasteiger partial charge in [-0.3, -0.25) is 0 Å². The summed E-state index contributed by atoms with van der Waals surface area (Å²) in [5.41, 5.74) is 1.14. The third-order valence-corrected chi connectivity index (χ3v) is 7.27. The molecule has 0 aromatic carbocycles. The second-order valence-electron chi connectivity index (χ2n) is 6.16. The van der Waals surface area contributed by atoms with Gasteiger partial charge in [-0.2, -0.15) is 11.3 Å². The van der Waals surface area contributed by atoms with Crippen LogP contribution in [0, 0.1) is 5.92 Å². The van der Waals surface area contributed by atoms with Crippen molar-refractivity contribution in [3.63, 3.8) is 0 Å². The maximum absolute atomic E-state index is 12.6. The van der Waals surface area contributed by atoms with Gasteiger partial charge in [0.25, 0.3) is 0 Å². The van der Waals surface area contributed by atoms with E-state index in [2.05, 4.69) is 5.38 Å². The number of aliphatic hydroxyl groups is 1. The van der Waals surface area contributed by atoms with E-state index in [4.69, 9.17) is 4.74 Å². The molecule has 2 aliphatic heterocycles. The summed E-state index contributed by atoms with van der Waals surface area (Å²) >= 11 is 1.61. The minimum absolute atomic E-state index is 0.00731. The third kappa shape index (κ3) is 3.54. The highest BCUT2D eigenvalue weighted by atomic mass is 32.2. The van der Waals surface area contributed by atoms with E-state index < -0.39 is 10.0 Å². The molecule has 2 aliphatic rings. The lowest BCUT2D eigenvalue weighted by atomic mass is 9.92. The molecule has 0 unspecified atom stereocenters. The SMILES string of the molecule is O=S(=O)(CC[C@@H]1CCCO1)N1C[C@H](CO)[C@@H](c2ccsc2)C1. The van der Waals surface area contributed by atoms with Crippen LogP contribution in [0.15, 0.2) is 16.8 Å². The first-order valence-electron chi connectivity index (χ1n) is 7.82. The van der Waals surface area contributed by atoms with Gasteiger partial charge in [0, 0.05) is 38.1 Å². The Bertz CT molecular complexity index is 566. The zero-order chi connectivity index (χ0) is 15.6. The highest BCUT2D eigenvalue weighted by Gasteiger charge is 2.39. The Hall–Kier alpha value is -0.470. The lowest BCUT2D eigenvalue weighted by Gasteiger charge is -2.17. The summed E-state index contributed by atoms with van der Waals surface area (Å²) in [6, 6.07) is 2.03. The normalized spacial score (nSPS) is 30.1. The minimum Gasteiger partial charge on any atom is -0.396 e. The Balaban J connectivity index is 1.63. The van der Waals surface area contributed by atoms with E-state index in [9.17, 15) is 13.5 Å². The van der Waals surface area contributed by atoms with Crippen molar-refractivity contribution in [2.45, 2.75) is 31.3 Å². The summed E-state index contributed by atoms with van der Waals surface area (Å²) in [7, 11) is -3.27. The fourth-order valence-corrected chi connectivity index (χ4v) is 5.74. The predicted molar refractivity (Wildman–Crippen MR) is 86.6 cm³/mol. The van der Waals surface area contributed by atoms with Crippen molar-refractivity contribution in [2.24, 2.45) is 5.92 Å². The minimum atomic E-state index is -3.27. The summed E-state index contributed by atoms with van der Waals surface area (Å²) in [5, 5.41) is 13.6. The van der Waals surface area contributed by atoms with E-state index in [0.717, 1.165) is 25.0 Å². The quantitative estimate of drug-likeness (QED) is 0.851. The van der Waals surface area contributed by atoms with Crippen LogP contribution in [0.2, 0.25) is 0 Å². The Labute approximate surface area is 136 Å². The van der Waals surface area contributed by atoms with Gasteiger partial charge in [0.15, 0.2) is 0 Å². The van der Waals surface area contributed by atoms with Crippen LogP contribution in [0.25, 0.3) is 0 Å². The Morgan fingerprint density at radius 3 is 2.91 bits per heavy atom. The standard InChI is InChI=1S/C15H23NO4S2/c17-10-13-8-16(9-15(13)12-3-6-21-11-12)22(18,19)7-4-14-2-1-5-20-14/h3,6,11,13-15,17H,1-2,4-5,7-10H2/t13-,14+,15-/m1/s1. The highest BCUT2D eigenvalue weighted by Crippen LogP contribution is 2.35. The maximum Gasteiger partial charge on any atom is 0.214 e. The zero-order valence-corrected chi connectivity index (χ0v) is 14.2. The van der Waals surface area contributed by atoms with Crippen molar-refractivity contribution in [2.75, 3.05) is 32.1 Å². The third-order valence-electron chi connectivity index (χ3n) is 4.73. The summed E-state index contributed by atoms with van der Waals surface area (Å²) in [6.07, 6.45) is 2.66. The Morgan fingerprint density at radius 1 is 1.41 bits per heavy atom. The molecule has 0 saturated carbocycles. The van der Waals surface area contributed by atoms with E-state index in [1.807, 2.05) is 11.4 Å². The van der Waals surface area contributed by atoms with E-state index >= 15 is 0 Å². The van der Waals surface area contributed by atoms with E-state index in [-0.39, 0.29) is 30.3 Å². The van der Waals surface area contributed by atoms with Crippen molar-refractivity contribution in [1.29, 1.82) is 0 Å². The average Bonchev–Trinajstić information content (AvgIpc) is 3.23. The van der Waals surface area contributed by atoms with Crippen LogP contribution < -0.4 is 0 Å². The first-order valence-corrected chi connectivity index (χ1v) is 10.4. The molecule has 0 amide bonds. The van der Waals surface area contributed by atoms with Gasteiger partial charge in [-0.25, -0.2) is 12.7 Å². The average molecular weight is 345 g/mol. The first-order chi connectivity index (χ1) is 10.6. The molecule has 124 valence electrons. The summed E-state index contributed by atoms with van der Waals surface area (Å²) in [4.78, 5) is 0. The van der Waals surface area contributed by atoms with Crippen LogP contribution >= 0.6 is 11.3 Å². The monoisotopic (exact) mass is 345 g/mol. The second kappa shape index (κ2) is 6.97. The molecule has 0 radical (unpaired) electrons. The lowest BCUT2D eigenvalue weighted by molar-refractivity contribution is 0.108. The van der Waals surface area contributed by atoms with E-state index in [0.29, 0.717) is 19.5 Å². The molecule has 3 atom stereocenters. The molecule has 0 aliphatic carbocycles. The summed E-state index contributed by atoms with van der Waals surface area (Å²) in [5.74, 6) is 0.243.